The molecule has 0 radical (unpaired) electrons. The maximum atomic E-state index is 13.0. The summed E-state index contributed by atoms with van der Waals surface area (Å²) in [6.07, 6.45) is 1.55. The fraction of sp³-hybridized carbons (Fsp3) is 0.429. The molecular formula is C21H24N6O3. The second kappa shape index (κ2) is 7.24. The molecule has 0 aliphatic carbocycles. The topological polar surface area (TPSA) is 108 Å². The number of hydrogen-bond acceptors (Lipinski definition) is 6. The van der Waals surface area contributed by atoms with Crippen molar-refractivity contribution in [2.24, 2.45) is 7.05 Å². The molecule has 3 amide bonds. The van der Waals surface area contributed by atoms with Crippen molar-refractivity contribution >= 4 is 23.5 Å². The van der Waals surface area contributed by atoms with Gasteiger partial charge in [0, 0.05) is 44.2 Å². The van der Waals surface area contributed by atoms with E-state index in [-0.39, 0.29) is 24.1 Å². The Morgan fingerprint density at radius 3 is 2.90 bits per heavy atom. The molecule has 3 N–H and O–H groups in total. The number of rotatable bonds is 4. The van der Waals surface area contributed by atoms with Crippen molar-refractivity contribution in [2.45, 2.75) is 44.9 Å². The van der Waals surface area contributed by atoms with Gasteiger partial charge in [-0.3, -0.25) is 24.4 Å². The molecule has 1 saturated heterocycles. The molecule has 1 fully saturated rings. The smallest absolute Gasteiger partial charge is 0.255 e. The zero-order valence-electron chi connectivity index (χ0n) is 16.8. The van der Waals surface area contributed by atoms with E-state index in [0.717, 1.165) is 42.1 Å². The van der Waals surface area contributed by atoms with Gasteiger partial charge in [-0.05, 0) is 36.6 Å². The second-order valence-corrected chi connectivity index (χ2v) is 8.02. The standard InChI is InChI=1S/C21H24N6O3/c1-26-19(14-7-8-22-10-16(14)25-26)23-9-12-3-2-4-13-15(12)11-27(21(13)30)17-5-6-18(28)24-20(17)29/h2-4,17,22-23H,5-11H2,1H3,(H,24,28,29). The lowest BCUT2D eigenvalue weighted by molar-refractivity contribution is -0.136. The van der Waals surface area contributed by atoms with E-state index in [9.17, 15) is 14.4 Å². The third-order valence-electron chi connectivity index (χ3n) is 6.20. The van der Waals surface area contributed by atoms with Gasteiger partial charge in [-0.1, -0.05) is 12.1 Å². The second-order valence-electron chi connectivity index (χ2n) is 8.02. The molecule has 30 heavy (non-hydrogen) atoms. The van der Waals surface area contributed by atoms with Gasteiger partial charge in [0.1, 0.15) is 11.9 Å². The average Bonchev–Trinajstić information content (AvgIpc) is 3.23. The van der Waals surface area contributed by atoms with Crippen LogP contribution in [0.25, 0.3) is 0 Å². The zero-order chi connectivity index (χ0) is 20.8. The Bertz CT molecular complexity index is 1060. The molecule has 1 atom stereocenters. The normalized spacial score (nSPS) is 20.8. The van der Waals surface area contributed by atoms with Crippen LogP contribution in [0.2, 0.25) is 0 Å². The maximum absolute atomic E-state index is 13.0. The Kier molecular flexibility index (Phi) is 4.54. The van der Waals surface area contributed by atoms with E-state index in [1.54, 1.807) is 4.90 Å². The number of nitrogens with zero attached hydrogens (tertiary/aromatic N) is 3. The third-order valence-corrected chi connectivity index (χ3v) is 6.20. The molecule has 0 saturated carbocycles. The molecule has 5 rings (SSSR count). The van der Waals surface area contributed by atoms with Crippen molar-refractivity contribution < 1.29 is 14.4 Å². The van der Waals surface area contributed by atoms with Crippen molar-refractivity contribution in [3.63, 3.8) is 0 Å². The Labute approximate surface area is 173 Å². The predicted octanol–water partition coefficient (Wildman–Crippen LogP) is 0.439. The lowest BCUT2D eigenvalue weighted by Crippen LogP contribution is -2.52. The van der Waals surface area contributed by atoms with Crippen molar-refractivity contribution in [3.8, 4) is 0 Å². The largest absolute Gasteiger partial charge is 0.366 e. The van der Waals surface area contributed by atoms with Gasteiger partial charge in [-0.25, -0.2) is 0 Å². The number of anilines is 1. The Hall–Kier alpha value is -3.20. The number of piperidine rings is 1. The first-order chi connectivity index (χ1) is 14.5. The van der Waals surface area contributed by atoms with Crippen LogP contribution in [0.1, 0.15) is 45.6 Å². The number of carbonyl (C=O) groups excluding carboxylic acids is 3. The summed E-state index contributed by atoms with van der Waals surface area (Å²) < 4.78 is 1.88. The van der Waals surface area contributed by atoms with E-state index < -0.39 is 6.04 Å². The minimum Gasteiger partial charge on any atom is -0.366 e. The first-order valence-electron chi connectivity index (χ1n) is 10.3. The lowest BCUT2D eigenvalue weighted by atomic mass is 10.0. The van der Waals surface area contributed by atoms with Crippen molar-refractivity contribution in [2.75, 3.05) is 11.9 Å². The number of aryl methyl sites for hydroxylation is 1. The quantitative estimate of drug-likeness (QED) is 0.634. The van der Waals surface area contributed by atoms with Gasteiger partial charge >= 0.3 is 0 Å². The van der Waals surface area contributed by atoms with E-state index in [1.807, 2.05) is 29.9 Å². The number of nitrogens with one attached hydrogen (secondary N) is 3. The van der Waals surface area contributed by atoms with Crippen LogP contribution in [0.4, 0.5) is 5.82 Å². The Morgan fingerprint density at radius 1 is 1.20 bits per heavy atom. The Morgan fingerprint density at radius 2 is 2.07 bits per heavy atom. The molecule has 0 spiro atoms. The summed E-state index contributed by atoms with van der Waals surface area (Å²) in [5, 5.41) is 13.8. The summed E-state index contributed by atoms with van der Waals surface area (Å²) in [6, 6.07) is 5.10. The van der Waals surface area contributed by atoms with Crippen molar-refractivity contribution in [1.82, 2.24) is 25.3 Å². The molecular weight excluding hydrogens is 384 g/mol. The van der Waals surface area contributed by atoms with Crippen LogP contribution in [0.3, 0.4) is 0 Å². The molecule has 1 unspecified atom stereocenters. The lowest BCUT2D eigenvalue weighted by Gasteiger charge is -2.29. The first kappa shape index (κ1) is 18.8. The van der Waals surface area contributed by atoms with E-state index in [0.29, 0.717) is 25.1 Å². The summed E-state index contributed by atoms with van der Waals surface area (Å²) in [5.74, 6) is 0.197. The van der Waals surface area contributed by atoms with Crippen molar-refractivity contribution in [1.29, 1.82) is 0 Å². The fourth-order valence-corrected chi connectivity index (χ4v) is 4.66. The van der Waals surface area contributed by atoms with Gasteiger partial charge in [0.05, 0.1) is 5.69 Å². The zero-order valence-corrected chi connectivity index (χ0v) is 16.8. The highest BCUT2D eigenvalue weighted by atomic mass is 16.2. The van der Waals surface area contributed by atoms with E-state index in [2.05, 4.69) is 21.0 Å². The predicted molar refractivity (Wildman–Crippen MR) is 108 cm³/mol. The summed E-state index contributed by atoms with van der Waals surface area (Å²) in [7, 11) is 1.93. The highest BCUT2D eigenvalue weighted by Crippen LogP contribution is 2.31. The van der Waals surface area contributed by atoms with Gasteiger partial charge in [0.25, 0.3) is 5.91 Å². The van der Waals surface area contributed by atoms with Crippen LogP contribution >= 0.6 is 0 Å². The Balaban J connectivity index is 1.37. The van der Waals surface area contributed by atoms with Crippen LogP contribution in [0.5, 0.6) is 0 Å². The van der Waals surface area contributed by atoms with Crippen LogP contribution < -0.4 is 16.0 Å². The maximum Gasteiger partial charge on any atom is 0.255 e. The van der Waals surface area contributed by atoms with Gasteiger partial charge < -0.3 is 15.5 Å². The highest BCUT2D eigenvalue weighted by Gasteiger charge is 2.39. The summed E-state index contributed by atoms with van der Waals surface area (Å²) in [6.45, 7) is 2.66. The molecule has 1 aromatic carbocycles. The molecule has 9 heteroatoms. The summed E-state index contributed by atoms with van der Waals surface area (Å²) in [5.41, 5.74) is 4.92. The number of imide groups is 1. The highest BCUT2D eigenvalue weighted by molar-refractivity contribution is 6.05. The van der Waals surface area contributed by atoms with Crippen LogP contribution in [0, 0.1) is 0 Å². The van der Waals surface area contributed by atoms with E-state index >= 15 is 0 Å². The van der Waals surface area contributed by atoms with Gasteiger partial charge in [-0.2, -0.15) is 5.10 Å². The third kappa shape index (κ3) is 3.06. The molecule has 3 aliphatic rings. The number of amides is 3. The van der Waals surface area contributed by atoms with E-state index in [4.69, 9.17) is 0 Å². The van der Waals surface area contributed by atoms with Gasteiger partial charge in [0.2, 0.25) is 11.8 Å². The summed E-state index contributed by atoms with van der Waals surface area (Å²) in [4.78, 5) is 38.3. The molecule has 2 aromatic rings. The number of fused-ring (bicyclic) bond motifs is 2. The molecule has 0 bridgehead atoms. The van der Waals surface area contributed by atoms with Gasteiger partial charge in [0.15, 0.2) is 0 Å². The van der Waals surface area contributed by atoms with Gasteiger partial charge in [-0.15, -0.1) is 0 Å². The number of hydrogen-bond donors (Lipinski definition) is 3. The van der Waals surface area contributed by atoms with Crippen LogP contribution in [-0.4, -0.2) is 45.0 Å². The SMILES string of the molecule is Cn1nc2c(c1NCc1cccc3c1CN(C1CCC(=O)NC1=O)C3=O)CCNC2. The van der Waals surface area contributed by atoms with Crippen LogP contribution in [0.15, 0.2) is 18.2 Å². The number of aromatic nitrogens is 2. The molecule has 156 valence electrons. The van der Waals surface area contributed by atoms with Crippen molar-refractivity contribution in [3.05, 3.63) is 46.1 Å². The summed E-state index contributed by atoms with van der Waals surface area (Å²) >= 11 is 0. The molecule has 9 nitrogen and oxygen atoms in total. The van der Waals surface area contributed by atoms with E-state index in [1.165, 1.54) is 5.56 Å². The first-order valence-corrected chi connectivity index (χ1v) is 10.3. The van der Waals surface area contributed by atoms with Crippen LogP contribution in [-0.2, 0) is 42.7 Å². The monoisotopic (exact) mass is 408 g/mol. The minimum atomic E-state index is -0.597. The average molecular weight is 408 g/mol. The molecule has 3 aliphatic heterocycles. The number of carbonyl (C=O) groups is 3. The molecule has 1 aromatic heterocycles. The fourth-order valence-electron chi connectivity index (χ4n) is 4.66. The number of benzene rings is 1. The minimum absolute atomic E-state index is 0.148. The molecule has 4 heterocycles.